The second-order valence-corrected chi connectivity index (χ2v) is 4.46. The fourth-order valence-electron chi connectivity index (χ4n) is 1.97. The number of halogens is 2. The molecule has 1 aliphatic rings. The van der Waals surface area contributed by atoms with Crippen LogP contribution in [0.5, 0.6) is 0 Å². The number of aromatic amines is 1. The Balaban J connectivity index is 2.00. The van der Waals surface area contributed by atoms with Crippen LogP contribution in [-0.2, 0) is 10.2 Å². The number of hydrogen-bond acceptors (Lipinski definition) is 3. The van der Waals surface area contributed by atoms with Crippen LogP contribution in [0.25, 0.3) is 11.3 Å². The fourth-order valence-corrected chi connectivity index (χ4v) is 1.97. The molecule has 0 amide bonds. The van der Waals surface area contributed by atoms with E-state index in [2.05, 4.69) is 16.0 Å². The summed E-state index contributed by atoms with van der Waals surface area (Å²) in [4.78, 5) is 7.01. The normalized spacial score (nSPS) is 16.7. The zero-order valence-corrected chi connectivity index (χ0v) is 9.78. The number of rotatable bonds is 2. The molecular formula is C13H9F2N3O. The summed E-state index contributed by atoms with van der Waals surface area (Å²) in [5.41, 5.74) is -0.156. The monoisotopic (exact) mass is 261 g/mol. The first-order valence-electron chi connectivity index (χ1n) is 5.64. The molecule has 96 valence electrons. The maximum atomic E-state index is 13.6. The minimum Gasteiger partial charge on any atom is -0.377 e. The highest BCUT2D eigenvalue weighted by atomic mass is 19.1. The Morgan fingerprint density at radius 1 is 1.37 bits per heavy atom. The number of imidazole rings is 1. The molecule has 19 heavy (non-hydrogen) atoms. The van der Waals surface area contributed by atoms with E-state index >= 15 is 0 Å². The molecule has 1 aromatic carbocycles. The van der Waals surface area contributed by atoms with Crippen LogP contribution in [0.1, 0.15) is 5.82 Å². The van der Waals surface area contributed by atoms with Crippen LogP contribution in [0.2, 0.25) is 0 Å². The third-order valence-corrected chi connectivity index (χ3v) is 3.16. The van der Waals surface area contributed by atoms with Crippen molar-refractivity contribution in [2.75, 3.05) is 13.2 Å². The van der Waals surface area contributed by atoms with Crippen molar-refractivity contribution in [3.63, 3.8) is 0 Å². The van der Waals surface area contributed by atoms with E-state index in [1.54, 1.807) is 0 Å². The summed E-state index contributed by atoms with van der Waals surface area (Å²) < 4.78 is 31.5. The van der Waals surface area contributed by atoms with Gasteiger partial charge in [0.2, 0.25) is 0 Å². The maximum Gasteiger partial charge on any atom is 0.161 e. The molecule has 2 aromatic rings. The van der Waals surface area contributed by atoms with Gasteiger partial charge in [-0.2, -0.15) is 5.26 Å². The quantitative estimate of drug-likeness (QED) is 0.901. The molecule has 6 heteroatoms. The Labute approximate surface area is 107 Å². The lowest BCUT2D eigenvalue weighted by molar-refractivity contribution is -0.0335. The number of ether oxygens (including phenoxy) is 1. The molecule has 4 nitrogen and oxygen atoms in total. The minimum atomic E-state index is -0.783. The van der Waals surface area contributed by atoms with Crippen LogP contribution in [-0.4, -0.2) is 23.2 Å². The summed E-state index contributed by atoms with van der Waals surface area (Å²) in [6, 6.07) is 5.46. The zero-order chi connectivity index (χ0) is 13.5. The predicted octanol–water partition coefficient (Wildman–Crippen LogP) is 2.15. The predicted molar refractivity (Wildman–Crippen MR) is 62.0 cm³/mol. The molecule has 2 heterocycles. The summed E-state index contributed by atoms with van der Waals surface area (Å²) in [5, 5.41) is 9.15. The zero-order valence-electron chi connectivity index (χ0n) is 9.78. The van der Waals surface area contributed by atoms with E-state index in [0.29, 0.717) is 11.5 Å². The molecule has 0 unspecified atom stereocenters. The van der Waals surface area contributed by atoms with Crippen LogP contribution >= 0.6 is 0 Å². The lowest BCUT2D eigenvalue weighted by atomic mass is 9.87. The van der Waals surface area contributed by atoms with Gasteiger partial charge in [-0.25, -0.2) is 13.8 Å². The van der Waals surface area contributed by atoms with Crippen LogP contribution in [0.15, 0.2) is 24.4 Å². The Hall–Kier alpha value is -2.26. The fraction of sp³-hybridized carbons (Fsp3) is 0.231. The van der Waals surface area contributed by atoms with E-state index in [1.165, 1.54) is 18.3 Å². The van der Waals surface area contributed by atoms with E-state index in [9.17, 15) is 8.78 Å². The highest BCUT2D eigenvalue weighted by Crippen LogP contribution is 2.31. The number of H-pyrrole nitrogens is 1. The first-order chi connectivity index (χ1) is 9.14. The molecule has 0 spiro atoms. The van der Waals surface area contributed by atoms with Crippen LogP contribution in [0, 0.1) is 23.0 Å². The number of nitriles is 1. The summed E-state index contributed by atoms with van der Waals surface area (Å²) in [7, 11) is 0. The summed E-state index contributed by atoms with van der Waals surface area (Å²) in [6.07, 6.45) is 1.43. The van der Waals surface area contributed by atoms with Crippen molar-refractivity contribution < 1.29 is 13.5 Å². The minimum absolute atomic E-state index is 0.216. The third-order valence-electron chi connectivity index (χ3n) is 3.16. The molecule has 1 aliphatic heterocycles. The first-order valence-corrected chi connectivity index (χ1v) is 5.64. The molecule has 3 rings (SSSR count). The second kappa shape index (κ2) is 4.14. The lowest BCUT2D eigenvalue weighted by Gasteiger charge is -2.32. The van der Waals surface area contributed by atoms with Crippen molar-refractivity contribution in [1.29, 1.82) is 5.26 Å². The van der Waals surface area contributed by atoms with Gasteiger partial charge in [-0.3, -0.25) is 0 Å². The van der Waals surface area contributed by atoms with E-state index in [4.69, 9.17) is 10.00 Å². The van der Waals surface area contributed by atoms with Gasteiger partial charge < -0.3 is 9.72 Å². The lowest BCUT2D eigenvalue weighted by Crippen LogP contribution is -2.46. The third kappa shape index (κ3) is 1.79. The van der Waals surface area contributed by atoms with Gasteiger partial charge >= 0.3 is 0 Å². The van der Waals surface area contributed by atoms with Gasteiger partial charge in [0, 0.05) is 11.6 Å². The molecule has 1 fully saturated rings. The van der Waals surface area contributed by atoms with Crippen molar-refractivity contribution in [3.8, 4) is 17.3 Å². The average Bonchev–Trinajstić information content (AvgIpc) is 2.78. The first kappa shape index (κ1) is 11.8. The molecular weight excluding hydrogens is 252 g/mol. The summed E-state index contributed by atoms with van der Waals surface area (Å²) in [5.74, 6) is -0.868. The van der Waals surface area contributed by atoms with Gasteiger partial charge in [-0.15, -0.1) is 0 Å². The van der Waals surface area contributed by atoms with Crippen LogP contribution in [0.4, 0.5) is 8.78 Å². The summed E-state index contributed by atoms with van der Waals surface area (Å²) >= 11 is 0. The number of aromatic nitrogens is 2. The SMILES string of the molecule is N#CC1(c2ncc(-c3ccc(F)cc3F)[nH]2)COC1. The van der Waals surface area contributed by atoms with Crippen molar-refractivity contribution in [2.45, 2.75) is 5.41 Å². The smallest absolute Gasteiger partial charge is 0.161 e. The van der Waals surface area contributed by atoms with E-state index in [1.807, 2.05) is 0 Å². The van der Waals surface area contributed by atoms with Gasteiger partial charge in [0.15, 0.2) is 5.41 Å². The number of nitrogens with one attached hydrogen (secondary N) is 1. The summed E-state index contributed by atoms with van der Waals surface area (Å²) in [6.45, 7) is 0.532. The Bertz CT molecular complexity index is 671. The standard InChI is InChI=1S/C13H9F2N3O/c14-8-1-2-9(10(15)3-8)11-4-17-12(18-11)13(5-16)6-19-7-13/h1-4H,6-7H2,(H,17,18). The van der Waals surface area contributed by atoms with E-state index in [0.717, 1.165) is 6.07 Å². The topological polar surface area (TPSA) is 61.7 Å². The van der Waals surface area contributed by atoms with E-state index < -0.39 is 17.0 Å². The molecule has 0 atom stereocenters. The molecule has 0 bridgehead atoms. The Kier molecular flexibility index (Phi) is 2.57. The molecule has 0 aliphatic carbocycles. The van der Waals surface area contributed by atoms with Crippen molar-refractivity contribution >= 4 is 0 Å². The van der Waals surface area contributed by atoms with Gasteiger partial charge in [-0.1, -0.05) is 0 Å². The maximum absolute atomic E-state index is 13.6. The highest BCUT2D eigenvalue weighted by molar-refractivity contribution is 5.59. The second-order valence-electron chi connectivity index (χ2n) is 4.46. The molecule has 1 N–H and O–H groups in total. The number of nitrogens with zero attached hydrogens (tertiary/aromatic N) is 2. The highest BCUT2D eigenvalue weighted by Gasteiger charge is 2.43. The van der Waals surface area contributed by atoms with Crippen LogP contribution < -0.4 is 0 Å². The van der Waals surface area contributed by atoms with Crippen molar-refractivity contribution in [2.24, 2.45) is 0 Å². The number of hydrogen-bond donors (Lipinski definition) is 1. The molecule has 0 radical (unpaired) electrons. The van der Waals surface area contributed by atoms with Crippen molar-refractivity contribution in [1.82, 2.24) is 9.97 Å². The average molecular weight is 261 g/mol. The van der Waals surface area contributed by atoms with Gasteiger partial charge in [-0.05, 0) is 12.1 Å². The van der Waals surface area contributed by atoms with Crippen molar-refractivity contribution in [3.05, 3.63) is 41.9 Å². The molecule has 1 aromatic heterocycles. The number of benzene rings is 1. The van der Waals surface area contributed by atoms with Gasteiger partial charge in [0.25, 0.3) is 0 Å². The van der Waals surface area contributed by atoms with Crippen LogP contribution in [0.3, 0.4) is 0 Å². The largest absolute Gasteiger partial charge is 0.377 e. The molecule has 1 saturated heterocycles. The van der Waals surface area contributed by atoms with Gasteiger partial charge in [0.05, 0.1) is 31.2 Å². The Morgan fingerprint density at radius 3 is 2.74 bits per heavy atom. The van der Waals surface area contributed by atoms with E-state index in [-0.39, 0.29) is 18.8 Å². The van der Waals surface area contributed by atoms with Gasteiger partial charge in [0.1, 0.15) is 17.5 Å². The Morgan fingerprint density at radius 2 is 2.16 bits per heavy atom. The molecule has 0 saturated carbocycles.